The quantitative estimate of drug-likeness (QED) is 0.158. The molecule has 1 aliphatic heterocycles. The number of hydrogen-bond donors (Lipinski definition) is 1. The normalized spacial score (nSPS) is 12.8. The summed E-state index contributed by atoms with van der Waals surface area (Å²) in [6.07, 6.45) is 0. The van der Waals surface area contributed by atoms with E-state index in [1.165, 1.54) is 28.0 Å². The molecule has 0 saturated carbocycles. The molecule has 0 aliphatic carbocycles. The summed E-state index contributed by atoms with van der Waals surface area (Å²) in [5, 5.41) is 4.41. The van der Waals surface area contributed by atoms with Crippen molar-refractivity contribution in [3.63, 3.8) is 0 Å². The number of fused-ring (bicyclic) bond motifs is 1. The second kappa shape index (κ2) is 10.3. The number of nitrogens with one attached hydrogen (secondary N) is 1. The Kier molecular flexibility index (Phi) is 6.53. The van der Waals surface area contributed by atoms with Gasteiger partial charge in [-0.15, -0.1) is 11.3 Å². The van der Waals surface area contributed by atoms with Crippen LogP contribution in [0.1, 0.15) is 20.7 Å². The Bertz CT molecular complexity index is 1650. The Morgan fingerprint density at radius 3 is 2.39 bits per heavy atom. The van der Waals surface area contributed by atoms with E-state index in [4.69, 9.17) is 4.74 Å². The molecule has 4 aromatic carbocycles. The van der Waals surface area contributed by atoms with Gasteiger partial charge in [-0.1, -0.05) is 54.2 Å². The highest BCUT2D eigenvalue weighted by Gasteiger charge is 2.34. The standard InChI is InChI=1S/C29H21N3O4S2/c33-25(30-14-15-36-20-8-2-1-3-9-20)17-37-29-31-23-13-12-19(16-24(23)38-29)32-27(34)21-10-4-6-18-7-5-11-22(26(18)21)28(32)35/h1-13,16H,14-15,17H2,(H,30,33). The fourth-order valence-corrected chi connectivity index (χ4v) is 6.34. The van der Waals surface area contributed by atoms with Gasteiger partial charge in [0.15, 0.2) is 4.34 Å². The Morgan fingerprint density at radius 2 is 1.66 bits per heavy atom. The van der Waals surface area contributed by atoms with Gasteiger partial charge < -0.3 is 10.1 Å². The minimum Gasteiger partial charge on any atom is -0.492 e. The first-order chi connectivity index (χ1) is 18.6. The SMILES string of the molecule is O=C(CSc1nc2ccc(N3C(=O)c4cccc5cccc(c45)C3=O)cc2s1)NCCOc1ccccc1. The number of thioether (sulfide) groups is 1. The van der Waals surface area contributed by atoms with E-state index >= 15 is 0 Å². The van der Waals surface area contributed by atoms with Gasteiger partial charge in [0.25, 0.3) is 11.8 Å². The first kappa shape index (κ1) is 24.1. The van der Waals surface area contributed by atoms with Gasteiger partial charge in [-0.05, 0) is 47.9 Å². The Labute approximate surface area is 226 Å². The molecule has 1 aromatic heterocycles. The van der Waals surface area contributed by atoms with Crippen molar-refractivity contribution in [2.45, 2.75) is 4.34 Å². The monoisotopic (exact) mass is 539 g/mol. The first-order valence-corrected chi connectivity index (χ1v) is 13.8. The van der Waals surface area contributed by atoms with Crippen molar-refractivity contribution in [3.8, 4) is 5.75 Å². The van der Waals surface area contributed by atoms with Crippen molar-refractivity contribution in [3.05, 3.63) is 96.1 Å². The zero-order valence-electron chi connectivity index (χ0n) is 20.0. The molecule has 0 radical (unpaired) electrons. The van der Waals surface area contributed by atoms with Crippen LogP contribution in [0.2, 0.25) is 0 Å². The molecule has 2 heterocycles. The van der Waals surface area contributed by atoms with Crippen LogP contribution in [-0.4, -0.2) is 41.6 Å². The number of amides is 3. The van der Waals surface area contributed by atoms with Gasteiger partial charge in [0.05, 0.1) is 28.2 Å². The van der Waals surface area contributed by atoms with E-state index < -0.39 is 0 Å². The van der Waals surface area contributed by atoms with Gasteiger partial charge in [-0.3, -0.25) is 14.4 Å². The number of imide groups is 1. The lowest BCUT2D eigenvalue weighted by molar-refractivity contribution is -0.118. The maximum Gasteiger partial charge on any atom is 0.265 e. The molecule has 5 aromatic rings. The Morgan fingerprint density at radius 1 is 0.921 bits per heavy atom. The van der Waals surface area contributed by atoms with Crippen LogP contribution in [0.15, 0.2) is 89.3 Å². The summed E-state index contributed by atoms with van der Waals surface area (Å²) in [7, 11) is 0. The highest BCUT2D eigenvalue weighted by Crippen LogP contribution is 2.36. The number of benzene rings is 4. The second-order valence-corrected chi connectivity index (χ2v) is 10.8. The molecule has 0 fully saturated rings. The van der Waals surface area contributed by atoms with Crippen molar-refractivity contribution in [1.29, 1.82) is 0 Å². The van der Waals surface area contributed by atoms with Crippen LogP contribution < -0.4 is 15.0 Å². The summed E-state index contributed by atoms with van der Waals surface area (Å²) < 4.78 is 7.16. The number of carbonyl (C=O) groups is 3. The smallest absolute Gasteiger partial charge is 0.265 e. The van der Waals surface area contributed by atoms with Crippen LogP contribution in [0, 0.1) is 0 Å². The lowest BCUT2D eigenvalue weighted by atomic mass is 9.94. The Balaban J connectivity index is 1.12. The number of carbonyl (C=O) groups excluding carboxylic acids is 3. The maximum atomic E-state index is 13.4. The third-order valence-corrected chi connectivity index (χ3v) is 8.31. The summed E-state index contributed by atoms with van der Waals surface area (Å²) in [6.45, 7) is 0.795. The largest absolute Gasteiger partial charge is 0.492 e. The van der Waals surface area contributed by atoms with Crippen LogP contribution >= 0.6 is 23.1 Å². The van der Waals surface area contributed by atoms with Crippen LogP contribution in [0.25, 0.3) is 21.0 Å². The summed E-state index contributed by atoms with van der Waals surface area (Å²) in [6, 6.07) is 25.8. The molecule has 0 unspecified atom stereocenters. The van der Waals surface area contributed by atoms with Crippen molar-refractivity contribution in [2.24, 2.45) is 0 Å². The van der Waals surface area contributed by atoms with Crippen molar-refractivity contribution >= 4 is 67.5 Å². The molecule has 1 aliphatic rings. The highest BCUT2D eigenvalue weighted by molar-refractivity contribution is 8.01. The van der Waals surface area contributed by atoms with E-state index in [0.29, 0.717) is 35.4 Å². The van der Waals surface area contributed by atoms with Crippen molar-refractivity contribution in [1.82, 2.24) is 10.3 Å². The summed E-state index contributed by atoms with van der Waals surface area (Å²) in [5.74, 6) is 0.196. The molecule has 38 heavy (non-hydrogen) atoms. The van der Waals surface area contributed by atoms with Crippen LogP contribution in [-0.2, 0) is 4.79 Å². The van der Waals surface area contributed by atoms with Gasteiger partial charge in [-0.25, -0.2) is 9.88 Å². The number of rotatable bonds is 8. The topological polar surface area (TPSA) is 88.6 Å². The predicted octanol–water partition coefficient (Wildman–Crippen LogP) is 5.54. The molecule has 0 bridgehead atoms. The fourth-order valence-electron chi connectivity index (χ4n) is 4.41. The third kappa shape index (κ3) is 4.62. The molecule has 0 spiro atoms. The third-order valence-electron chi connectivity index (χ3n) is 6.15. The maximum absolute atomic E-state index is 13.4. The number of anilines is 1. The minimum absolute atomic E-state index is 0.107. The number of ether oxygens (including phenoxy) is 1. The van der Waals surface area contributed by atoms with Gasteiger partial charge >= 0.3 is 0 Å². The lowest BCUT2D eigenvalue weighted by Gasteiger charge is -2.27. The number of thiazole rings is 1. The Hall–Kier alpha value is -4.21. The lowest BCUT2D eigenvalue weighted by Crippen LogP contribution is -2.40. The summed E-state index contributed by atoms with van der Waals surface area (Å²) >= 11 is 2.77. The zero-order valence-corrected chi connectivity index (χ0v) is 21.7. The molecular formula is C29H21N3O4S2. The molecular weight excluding hydrogens is 518 g/mol. The molecule has 188 valence electrons. The highest BCUT2D eigenvalue weighted by atomic mass is 32.2. The van der Waals surface area contributed by atoms with E-state index in [2.05, 4.69) is 10.3 Å². The summed E-state index contributed by atoms with van der Waals surface area (Å²) in [5.41, 5.74) is 2.27. The van der Waals surface area contributed by atoms with Crippen LogP contribution in [0.5, 0.6) is 5.75 Å². The van der Waals surface area contributed by atoms with E-state index in [0.717, 1.165) is 25.7 Å². The number of aromatic nitrogens is 1. The van der Waals surface area contributed by atoms with Gasteiger partial charge in [0.2, 0.25) is 5.91 Å². The first-order valence-electron chi connectivity index (χ1n) is 12.0. The zero-order chi connectivity index (χ0) is 26.1. The van der Waals surface area contributed by atoms with E-state index in [-0.39, 0.29) is 23.5 Å². The van der Waals surface area contributed by atoms with Gasteiger partial charge in [-0.2, -0.15) is 0 Å². The average molecular weight is 540 g/mol. The number of para-hydroxylation sites is 1. The number of hydrogen-bond acceptors (Lipinski definition) is 7. The van der Waals surface area contributed by atoms with Gasteiger partial charge in [0, 0.05) is 16.5 Å². The van der Waals surface area contributed by atoms with Crippen molar-refractivity contribution < 1.29 is 19.1 Å². The summed E-state index contributed by atoms with van der Waals surface area (Å²) in [4.78, 5) is 44.8. The molecule has 9 heteroatoms. The van der Waals surface area contributed by atoms with E-state index in [9.17, 15) is 14.4 Å². The van der Waals surface area contributed by atoms with E-state index in [1.54, 1.807) is 24.3 Å². The predicted molar refractivity (Wildman–Crippen MR) is 150 cm³/mol. The van der Waals surface area contributed by atoms with Crippen LogP contribution in [0.4, 0.5) is 5.69 Å². The molecule has 0 atom stereocenters. The number of nitrogens with zero attached hydrogens (tertiary/aromatic N) is 2. The van der Waals surface area contributed by atoms with E-state index in [1.807, 2.05) is 60.7 Å². The molecule has 0 saturated heterocycles. The molecule has 3 amide bonds. The minimum atomic E-state index is -0.342. The average Bonchev–Trinajstić information content (AvgIpc) is 3.36. The van der Waals surface area contributed by atoms with Crippen molar-refractivity contribution in [2.75, 3.05) is 23.8 Å². The molecule has 1 N–H and O–H groups in total. The van der Waals surface area contributed by atoms with Crippen LogP contribution in [0.3, 0.4) is 0 Å². The van der Waals surface area contributed by atoms with Gasteiger partial charge in [0.1, 0.15) is 12.4 Å². The molecule has 6 rings (SSSR count). The molecule has 7 nitrogen and oxygen atoms in total. The fraction of sp³-hybridized carbons (Fsp3) is 0.103. The second-order valence-electron chi connectivity index (χ2n) is 8.59.